The number of hydrogen-bond acceptors (Lipinski definition) is 4. The minimum Gasteiger partial charge on any atom is -0.383 e. The van der Waals surface area contributed by atoms with Crippen LogP contribution in [0.2, 0.25) is 0 Å². The molecule has 128 valence electrons. The molecule has 3 unspecified atom stereocenters. The molecule has 0 aromatic carbocycles. The van der Waals surface area contributed by atoms with Crippen LogP contribution in [0.4, 0.5) is 0 Å². The van der Waals surface area contributed by atoms with Crippen LogP contribution in [0.5, 0.6) is 0 Å². The van der Waals surface area contributed by atoms with Gasteiger partial charge >= 0.3 is 0 Å². The molecule has 0 aromatic heterocycles. The van der Waals surface area contributed by atoms with E-state index in [1.165, 1.54) is 25.7 Å². The highest BCUT2D eigenvalue weighted by molar-refractivity contribution is 5.76. The molecule has 0 spiro atoms. The maximum atomic E-state index is 12.2. The molecule has 5 nitrogen and oxygen atoms in total. The predicted molar refractivity (Wildman–Crippen MR) is 88.9 cm³/mol. The molecule has 2 heterocycles. The van der Waals surface area contributed by atoms with Crippen LogP contribution < -0.4 is 10.6 Å². The number of carbonyl (C=O) groups excluding carboxylic acids is 1. The molecule has 2 N–H and O–H groups in total. The molecule has 22 heavy (non-hydrogen) atoms. The highest BCUT2D eigenvalue weighted by atomic mass is 16.5. The minimum atomic E-state index is 0.219. The molecule has 3 atom stereocenters. The van der Waals surface area contributed by atoms with Gasteiger partial charge in [0.25, 0.3) is 0 Å². The summed E-state index contributed by atoms with van der Waals surface area (Å²) < 4.78 is 5.16. The Balaban J connectivity index is 1.66. The van der Waals surface area contributed by atoms with Crippen molar-refractivity contribution < 1.29 is 9.53 Å². The van der Waals surface area contributed by atoms with Gasteiger partial charge in [-0.1, -0.05) is 6.92 Å². The zero-order valence-corrected chi connectivity index (χ0v) is 14.3. The third-order valence-corrected chi connectivity index (χ3v) is 5.26. The van der Waals surface area contributed by atoms with Crippen molar-refractivity contribution in [2.45, 2.75) is 45.1 Å². The van der Waals surface area contributed by atoms with Crippen LogP contribution in [0.1, 0.15) is 39.0 Å². The maximum absolute atomic E-state index is 12.2. The van der Waals surface area contributed by atoms with Crippen LogP contribution in [0.3, 0.4) is 0 Å². The van der Waals surface area contributed by atoms with Crippen molar-refractivity contribution in [2.75, 3.05) is 46.4 Å². The Morgan fingerprint density at radius 3 is 3.00 bits per heavy atom. The molecule has 0 aliphatic carbocycles. The van der Waals surface area contributed by atoms with Crippen LogP contribution in [0, 0.1) is 11.8 Å². The highest BCUT2D eigenvalue weighted by Crippen LogP contribution is 2.22. The third kappa shape index (κ3) is 5.52. The van der Waals surface area contributed by atoms with Crippen molar-refractivity contribution in [3.05, 3.63) is 0 Å². The molecule has 2 aliphatic rings. The molecule has 2 fully saturated rings. The number of amides is 1. The fraction of sp³-hybridized carbons (Fsp3) is 0.941. The number of piperidine rings is 1. The van der Waals surface area contributed by atoms with Gasteiger partial charge in [0.05, 0.1) is 6.61 Å². The lowest BCUT2D eigenvalue weighted by molar-refractivity contribution is -0.122. The van der Waals surface area contributed by atoms with Gasteiger partial charge in [-0.3, -0.25) is 9.69 Å². The summed E-state index contributed by atoms with van der Waals surface area (Å²) >= 11 is 0. The van der Waals surface area contributed by atoms with Gasteiger partial charge < -0.3 is 15.4 Å². The monoisotopic (exact) mass is 311 g/mol. The number of rotatable bonds is 8. The van der Waals surface area contributed by atoms with Gasteiger partial charge in [-0.25, -0.2) is 0 Å². The summed E-state index contributed by atoms with van der Waals surface area (Å²) in [5.74, 6) is 1.35. The van der Waals surface area contributed by atoms with Crippen LogP contribution >= 0.6 is 0 Å². The molecule has 5 heteroatoms. The fourth-order valence-electron chi connectivity index (χ4n) is 3.76. The smallest absolute Gasteiger partial charge is 0.220 e. The van der Waals surface area contributed by atoms with E-state index in [1.807, 2.05) is 0 Å². The topological polar surface area (TPSA) is 53.6 Å². The van der Waals surface area contributed by atoms with Gasteiger partial charge in [0.15, 0.2) is 0 Å². The molecule has 0 saturated carbocycles. The van der Waals surface area contributed by atoms with E-state index in [0.29, 0.717) is 24.3 Å². The molecule has 1 amide bonds. The second-order valence-corrected chi connectivity index (χ2v) is 6.92. The van der Waals surface area contributed by atoms with Crippen molar-refractivity contribution >= 4 is 5.91 Å². The largest absolute Gasteiger partial charge is 0.383 e. The van der Waals surface area contributed by atoms with Crippen molar-refractivity contribution in [2.24, 2.45) is 11.8 Å². The lowest BCUT2D eigenvalue weighted by Crippen LogP contribution is -2.42. The average molecular weight is 311 g/mol. The minimum absolute atomic E-state index is 0.219. The number of carbonyl (C=O) groups is 1. The van der Waals surface area contributed by atoms with E-state index in [-0.39, 0.29) is 5.91 Å². The first-order chi connectivity index (χ1) is 10.7. The summed E-state index contributed by atoms with van der Waals surface area (Å²) in [4.78, 5) is 14.6. The average Bonchev–Trinajstić information content (AvgIpc) is 2.99. The van der Waals surface area contributed by atoms with Gasteiger partial charge in [0, 0.05) is 32.7 Å². The first-order valence-electron chi connectivity index (χ1n) is 8.91. The third-order valence-electron chi connectivity index (χ3n) is 5.26. The number of ether oxygens (including phenoxy) is 1. The van der Waals surface area contributed by atoms with Crippen LogP contribution in [0.25, 0.3) is 0 Å². The maximum Gasteiger partial charge on any atom is 0.220 e. The van der Waals surface area contributed by atoms with Gasteiger partial charge in [-0.15, -0.1) is 0 Å². The first kappa shape index (κ1) is 17.7. The lowest BCUT2D eigenvalue weighted by Gasteiger charge is -2.28. The summed E-state index contributed by atoms with van der Waals surface area (Å²) in [6.45, 7) is 8.09. The number of nitrogens with one attached hydrogen (secondary N) is 2. The van der Waals surface area contributed by atoms with Gasteiger partial charge in [0.2, 0.25) is 5.91 Å². The van der Waals surface area contributed by atoms with Gasteiger partial charge in [-0.2, -0.15) is 0 Å². The molecule has 2 aliphatic heterocycles. The summed E-state index contributed by atoms with van der Waals surface area (Å²) in [6.07, 6.45) is 5.58. The van der Waals surface area contributed by atoms with Crippen LogP contribution in [0.15, 0.2) is 0 Å². The summed E-state index contributed by atoms with van der Waals surface area (Å²) in [5.41, 5.74) is 0. The van der Waals surface area contributed by atoms with E-state index in [1.54, 1.807) is 7.11 Å². The highest BCUT2D eigenvalue weighted by Gasteiger charge is 2.25. The SMILES string of the molecule is COCCN1CCCC1CNC(=O)CC(C)C1CCCNC1. The van der Waals surface area contributed by atoms with Gasteiger partial charge in [-0.05, 0) is 57.2 Å². The Labute approximate surface area is 135 Å². The quantitative estimate of drug-likeness (QED) is 0.708. The molecule has 0 aromatic rings. The Bertz CT molecular complexity index is 332. The Kier molecular flexibility index (Phi) is 7.63. The summed E-state index contributed by atoms with van der Waals surface area (Å²) in [7, 11) is 1.74. The molecule has 0 radical (unpaired) electrons. The molecular weight excluding hydrogens is 278 g/mol. The van der Waals surface area contributed by atoms with Crippen LogP contribution in [-0.2, 0) is 9.53 Å². The van der Waals surface area contributed by atoms with E-state index in [2.05, 4.69) is 22.5 Å². The number of likely N-dealkylation sites (tertiary alicyclic amines) is 1. The van der Waals surface area contributed by atoms with E-state index >= 15 is 0 Å². The number of methoxy groups -OCH3 is 1. The molecule has 0 bridgehead atoms. The number of nitrogens with zero attached hydrogens (tertiary/aromatic N) is 1. The van der Waals surface area contributed by atoms with Gasteiger partial charge in [0.1, 0.15) is 0 Å². The second kappa shape index (κ2) is 9.48. The predicted octanol–water partition coefficient (Wildman–Crippen LogP) is 1.24. The van der Waals surface area contributed by atoms with E-state index < -0.39 is 0 Å². The molecule has 2 rings (SSSR count). The summed E-state index contributed by atoms with van der Waals surface area (Å²) in [6, 6.07) is 0.491. The Morgan fingerprint density at radius 1 is 1.41 bits per heavy atom. The molecular formula is C17H33N3O2. The number of hydrogen-bond donors (Lipinski definition) is 2. The second-order valence-electron chi connectivity index (χ2n) is 6.92. The van der Waals surface area contributed by atoms with E-state index in [4.69, 9.17) is 4.74 Å². The standard InChI is InChI=1S/C17H33N3O2/c1-14(15-5-3-7-18-12-15)11-17(21)19-13-16-6-4-8-20(16)9-10-22-2/h14-16,18H,3-13H2,1-2H3,(H,19,21). The summed E-state index contributed by atoms with van der Waals surface area (Å²) in [5, 5.41) is 6.60. The molecule has 2 saturated heterocycles. The fourth-order valence-corrected chi connectivity index (χ4v) is 3.76. The zero-order valence-electron chi connectivity index (χ0n) is 14.3. The van der Waals surface area contributed by atoms with E-state index in [0.717, 1.165) is 39.3 Å². The van der Waals surface area contributed by atoms with Crippen molar-refractivity contribution in [1.82, 2.24) is 15.5 Å². The first-order valence-corrected chi connectivity index (χ1v) is 8.91. The Hall–Kier alpha value is -0.650. The van der Waals surface area contributed by atoms with E-state index in [9.17, 15) is 4.79 Å². The van der Waals surface area contributed by atoms with Crippen molar-refractivity contribution in [3.63, 3.8) is 0 Å². The normalized spacial score (nSPS) is 27.7. The van der Waals surface area contributed by atoms with Crippen LogP contribution in [-0.4, -0.2) is 63.3 Å². The Morgan fingerprint density at radius 2 is 2.27 bits per heavy atom. The van der Waals surface area contributed by atoms with Crippen molar-refractivity contribution in [3.8, 4) is 0 Å². The lowest BCUT2D eigenvalue weighted by atomic mass is 9.85. The van der Waals surface area contributed by atoms with Crippen molar-refractivity contribution in [1.29, 1.82) is 0 Å². The zero-order chi connectivity index (χ0) is 15.8.